The molecule has 0 heterocycles. The molecule has 0 radical (unpaired) electrons. The lowest BCUT2D eigenvalue weighted by atomic mass is 9.77. The smallest absolute Gasteiger partial charge is 0.351 e. The van der Waals surface area contributed by atoms with Crippen molar-refractivity contribution < 1.29 is 8.85 Å². The fourth-order valence-electron chi connectivity index (χ4n) is 6.43. The van der Waals surface area contributed by atoms with Crippen LogP contribution in [0.4, 0.5) is 0 Å². The van der Waals surface area contributed by atoms with E-state index in [1.165, 1.54) is 51.4 Å². The Morgan fingerprint density at radius 1 is 0.609 bits per heavy atom. The first-order chi connectivity index (χ1) is 10.5. The summed E-state index contributed by atoms with van der Waals surface area (Å²) in [5, 5.41) is 0.447. The molecule has 0 atom stereocenters. The monoisotopic (exact) mass is 340 g/mol. The molecule has 2 fully saturated rings. The zero-order chi connectivity index (χ0) is 17.6. The number of hydrogen-bond donors (Lipinski definition) is 0. The minimum atomic E-state index is -2.45. The van der Waals surface area contributed by atoms with E-state index in [-0.39, 0.29) is 20.9 Å². The van der Waals surface area contributed by atoms with Gasteiger partial charge in [-0.2, -0.15) is 0 Å². The fourth-order valence-corrected chi connectivity index (χ4v) is 13.1. The van der Waals surface area contributed by atoms with Gasteiger partial charge in [0, 0.05) is 24.3 Å². The van der Waals surface area contributed by atoms with Crippen molar-refractivity contribution in [2.24, 2.45) is 10.8 Å². The Labute approximate surface area is 146 Å². The highest BCUT2D eigenvalue weighted by atomic mass is 28.4. The van der Waals surface area contributed by atoms with Crippen LogP contribution in [-0.4, -0.2) is 22.8 Å². The van der Waals surface area contributed by atoms with Crippen molar-refractivity contribution >= 4 is 8.56 Å². The van der Waals surface area contributed by atoms with Crippen LogP contribution in [0.3, 0.4) is 0 Å². The summed E-state index contributed by atoms with van der Waals surface area (Å²) in [6.07, 6.45) is 10.4. The molecule has 0 aromatic heterocycles. The van der Waals surface area contributed by atoms with Crippen LogP contribution in [0.15, 0.2) is 0 Å². The Hall–Kier alpha value is 0.137. The van der Waals surface area contributed by atoms with Crippen LogP contribution in [0, 0.1) is 10.8 Å². The highest BCUT2D eigenvalue weighted by Gasteiger charge is 2.74. The van der Waals surface area contributed by atoms with Crippen LogP contribution in [-0.2, 0) is 8.85 Å². The van der Waals surface area contributed by atoms with Gasteiger partial charge in [0.2, 0.25) is 0 Å². The largest absolute Gasteiger partial charge is 0.397 e. The van der Waals surface area contributed by atoms with Gasteiger partial charge in [-0.1, -0.05) is 67.2 Å². The third-order valence-corrected chi connectivity index (χ3v) is 13.8. The van der Waals surface area contributed by atoms with Gasteiger partial charge >= 0.3 is 8.56 Å². The van der Waals surface area contributed by atoms with Crippen molar-refractivity contribution in [3.05, 3.63) is 0 Å². The Bertz CT molecular complexity index is 364. The third kappa shape index (κ3) is 2.48. The summed E-state index contributed by atoms with van der Waals surface area (Å²) < 4.78 is 13.3. The van der Waals surface area contributed by atoms with Gasteiger partial charge in [-0.15, -0.1) is 0 Å². The van der Waals surface area contributed by atoms with Gasteiger partial charge in [-0.3, -0.25) is 0 Å². The second kappa shape index (κ2) is 6.14. The predicted octanol–water partition coefficient (Wildman–Crippen LogP) is 6.44. The van der Waals surface area contributed by atoms with Crippen molar-refractivity contribution in [3.63, 3.8) is 0 Å². The highest BCUT2D eigenvalue weighted by Crippen LogP contribution is 2.75. The summed E-state index contributed by atoms with van der Waals surface area (Å²) in [4.78, 5) is 0. The van der Waals surface area contributed by atoms with Gasteiger partial charge < -0.3 is 8.85 Å². The van der Waals surface area contributed by atoms with Crippen LogP contribution < -0.4 is 0 Å². The Morgan fingerprint density at radius 2 is 0.870 bits per heavy atom. The van der Waals surface area contributed by atoms with Crippen molar-refractivity contribution in [2.45, 2.75) is 103 Å². The molecule has 3 heteroatoms. The Balaban J connectivity index is 2.71. The van der Waals surface area contributed by atoms with Gasteiger partial charge in [0.15, 0.2) is 0 Å². The maximum absolute atomic E-state index is 6.63. The molecule has 2 aliphatic carbocycles. The van der Waals surface area contributed by atoms with E-state index in [1.54, 1.807) is 0 Å². The van der Waals surface area contributed by atoms with Gasteiger partial charge in [0.1, 0.15) is 0 Å². The van der Waals surface area contributed by atoms with Crippen LogP contribution in [0.5, 0.6) is 0 Å². The maximum Gasteiger partial charge on any atom is 0.351 e. The summed E-state index contributed by atoms with van der Waals surface area (Å²) >= 11 is 0. The van der Waals surface area contributed by atoms with Crippen molar-refractivity contribution in [3.8, 4) is 0 Å². The molecule has 0 unspecified atom stereocenters. The van der Waals surface area contributed by atoms with Crippen LogP contribution in [0.25, 0.3) is 0 Å². The van der Waals surface area contributed by atoms with Gasteiger partial charge in [0.05, 0.1) is 0 Å². The lowest BCUT2D eigenvalue weighted by Gasteiger charge is -2.62. The Morgan fingerprint density at radius 3 is 1.04 bits per heavy atom. The van der Waals surface area contributed by atoms with E-state index in [9.17, 15) is 0 Å². The third-order valence-electron chi connectivity index (χ3n) is 7.62. The number of hydrogen-bond acceptors (Lipinski definition) is 2. The Kier molecular flexibility index (Phi) is 5.19. The zero-order valence-corrected chi connectivity index (χ0v) is 18.0. The van der Waals surface area contributed by atoms with E-state index < -0.39 is 8.56 Å². The van der Waals surface area contributed by atoms with Gasteiger partial charge in [-0.05, 0) is 36.5 Å². The summed E-state index contributed by atoms with van der Waals surface area (Å²) in [7, 11) is 1.48. The predicted molar refractivity (Wildman–Crippen MR) is 101 cm³/mol. The molecule has 2 nitrogen and oxygen atoms in total. The molecule has 0 aromatic carbocycles. The van der Waals surface area contributed by atoms with E-state index in [0.29, 0.717) is 0 Å². The first-order valence-corrected chi connectivity index (χ1v) is 11.5. The molecule has 23 heavy (non-hydrogen) atoms. The molecule has 0 aromatic rings. The first kappa shape index (κ1) is 19.5. The molecule has 136 valence electrons. The summed E-state index contributed by atoms with van der Waals surface area (Å²) in [5.41, 5.74) is 0.450. The van der Waals surface area contributed by atoms with Crippen molar-refractivity contribution in [1.29, 1.82) is 0 Å². The van der Waals surface area contributed by atoms with E-state index >= 15 is 0 Å². The molecule has 0 amide bonds. The van der Waals surface area contributed by atoms with Crippen LogP contribution in [0.2, 0.25) is 10.1 Å². The number of rotatable bonds is 4. The van der Waals surface area contributed by atoms with Crippen molar-refractivity contribution in [1.82, 2.24) is 0 Å². The van der Waals surface area contributed by atoms with E-state index in [2.05, 4.69) is 41.5 Å². The lowest BCUT2D eigenvalue weighted by molar-refractivity contribution is 0.0771. The molecule has 0 saturated heterocycles. The average molecular weight is 341 g/mol. The topological polar surface area (TPSA) is 18.5 Å². The minimum Gasteiger partial charge on any atom is -0.397 e. The van der Waals surface area contributed by atoms with E-state index in [4.69, 9.17) is 8.85 Å². The molecular formula is C20H40O2Si. The molecule has 2 saturated carbocycles. The highest BCUT2D eigenvalue weighted by molar-refractivity contribution is 6.74. The molecular weight excluding hydrogens is 300 g/mol. The second-order valence-corrected chi connectivity index (χ2v) is 14.1. The van der Waals surface area contributed by atoms with E-state index in [0.717, 1.165) is 0 Å². The van der Waals surface area contributed by atoms with Gasteiger partial charge in [0.25, 0.3) is 0 Å². The normalized spacial score (nSPS) is 25.0. The summed E-state index contributed by atoms with van der Waals surface area (Å²) in [6, 6.07) is 0. The zero-order valence-electron chi connectivity index (χ0n) is 17.0. The minimum absolute atomic E-state index is 0.223. The first-order valence-electron chi connectivity index (χ1n) is 9.64. The average Bonchev–Trinajstić information content (AvgIpc) is 3.09. The molecule has 2 rings (SSSR count). The summed E-state index contributed by atoms with van der Waals surface area (Å²) in [6.45, 7) is 14.6. The lowest BCUT2D eigenvalue weighted by Crippen LogP contribution is -2.66. The molecule has 0 spiro atoms. The van der Waals surface area contributed by atoms with Crippen LogP contribution >= 0.6 is 0 Å². The summed E-state index contributed by atoms with van der Waals surface area (Å²) in [5.74, 6) is 0. The molecule has 2 aliphatic rings. The molecule has 0 N–H and O–H groups in total. The van der Waals surface area contributed by atoms with Crippen LogP contribution in [0.1, 0.15) is 92.9 Å². The second-order valence-electron chi connectivity index (χ2n) is 10.1. The quantitative estimate of drug-likeness (QED) is 0.548. The molecule has 0 bridgehead atoms. The molecule has 0 aliphatic heterocycles. The van der Waals surface area contributed by atoms with Gasteiger partial charge in [-0.25, -0.2) is 0 Å². The standard InChI is InChI=1S/C20H40O2Si/c1-17(2,3)19(13-9-10-14-19)23(21-7,22-8)20(18(4,5)6)15-11-12-16-20/h9-16H2,1-8H3. The van der Waals surface area contributed by atoms with Crippen molar-refractivity contribution in [2.75, 3.05) is 14.2 Å². The maximum atomic E-state index is 6.63. The SMILES string of the molecule is CO[Si](OC)(C1(C(C)(C)C)CCCC1)C1(C(C)(C)C)CCCC1. The fraction of sp³-hybridized carbons (Fsp3) is 1.00. The van der Waals surface area contributed by atoms with E-state index in [1.807, 2.05) is 14.2 Å².